The maximum atomic E-state index is 11.0. The lowest BCUT2D eigenvalue weighted by Gasteiger charge is -1.91. The molecular formula is C6H5N3OS. The first-order valence-corrected chi connectivity index (χ1v) is 3.48. The lowest BCUT2D eigenvalue weighted by atomic mass is 10.5. The highest BCUT2D eigenvalue weighted by Crippen LogP contribution is 1.95. The zero-order chi connectivity index (χ0) is 7.84. The zero-order valence-electron chi connectivity index (χ0n) is 5.50. The summed E-state index contributed by atoms with van der Waals surface area (Å²) in [5, 5.41) is 4.99. The molecule has 0 fully saturated rings. The van der Waals surface area contributed by atoms with Crippen molar-refractivity contribution in [2.45, 2.75) is 0 Å². The van der Waals surface area contributed by atoms with Gasteiger partial charge >= 0.3 is 0 Å². The standard InChI is InChI=1S/C6H5N3OS/c10-5-4-2-1-3-9(4)6(11)8-7-5/h1-3H,(H,7,10)(H,8,11). The molecule has 0 spiro atoms. The largest absolute Gasteiger partial charge is 0.288 e. The van der Waals surface area contributed by atoms with Gasteiger partial charge in [0.25, 0.3) is 5.56 Å². The number of aromatic nitrogens is 3. The fourth-order valence-electron chi connectivity index (χ4n) is 0.978. The minimum Gasteiger partial charge on any atom is -0.288 e. The highest BCUT2D eigenvalue weighted by molar-refractivity contribution is 7.71. The van der Waals surface area contributed by atoms with Gasteiger partial charge in [0.1, 0.15) is 5.52 Å². The Morgan fingerprint density at radius 3 is 3.00 bits per heavy atom. The van der Waals surface area contributed by atoms with Gasteiger partial charge in [-0.05, 0) is 24.4 Å². The van der Waals surface area contributed by atoms with Crippen LogP contribution in [0.4, 0.5) is 0 Å². The lowest BCUT2D eigenvalue weighted by Crippen LogP contribution is -2.11. The third kappa shape index (κ3) is 0.813. The highest BCUT2D eigenvalue weighted by atomic mass is 32.1. The number of nitrogens with zero attached hydrogens (tertiary/aromatic N) is 1. The van der Waals surface area contributed by atoms with Gasteiger partial charge in [0.05, 0.1) is 0 Å². The van der Waals surface area contributed by atoms with Gasteiger partial charge < -0.3 is 0 Å². The Bertz CT molecular complexity index is 448. The van der Waals surface area contributed by atoms with Crippen molar-refractivity contribution < 1.29 is 0 Å². The molecule has 0 bridgehead atoms. The van der Waals surface area contributed by atoms with E-state index in [-0.39, 0.29) is 5.56 Å². The average Bonchev–Trinajstić information content (AvgIpc) is 2.45. The summed E-state index contributed by atoms with van der Waals surface area (Å²) in [6.07, 6.45) is 1.74. The lowest BCUT2D eigenvalue weighted by molar-refractivity contribution is 0.900. The number of hydrogen-bond donors (Lipinski definition) is 2. The Kier molecular flexibility index (Phi) is 1.19. The van der Waals surface area contributed by atoms with Crippen LogP contribution in [0.5, 0.6) is 0 Å². The fourth-order valence-corrected chi connectivity index (χ4v) is 1.19. The van der Waals surface area contributed by atoms with E-state index < -0.39 is 0 Å². The number of H-pyrrole nitrogens is 2. The molecule has 0 aliphatic carbocycles. The Balaban J connectivity index is 3.21. The number of aromatic amines is 2. The van der Waals surface area contributed by atoms with Crippen molar-refractivity contribution in [1.82, 2.24) is 14.6 Å². The maximum absolute atomic E-state index is 11.0. The van der Waals surface area contributed by atoms with E-state index in [1.54, 1.807) is 22.7 Å². The minimum absolute atomic E-state index is 0.163. The molecule has 11 heavy (non-hydrogen) atoms. The monoisotopic (exact) mass is 167 g/mol. The normalized spacial score (nSPS) is 10.5. The maximum Gasteiger partial charge on any atom is 0.286 e. The molecular weight excluding hydrogens is 162 g/mol. The van der Waals surface area contributed by atoms with Crippen LogP contribution in [0.1, 0.15) is 0 Å². The van der Waals surface area contributed by atoms with Gasteiger partial charge in [-0.25, -0.2) is 0 Å². The van der Waals surface area contributed by atoms with Gasteiger partial charge in [-0.15, -0.1) is 0 Å². The van der Waals surface area contributed by atoms with Gasteiger partial charge in [-0.2, -0.15) is 0 Å². The highest BCUT2D eigenvalue weighted by Gasteiger charge is 1.95. The van der Waals surface area contributed by atoms with E-state index >= 15 is 0 Å². The van der Waals surface area contributed by atoms with Crippen LogP contribution in [0.15, 0.2) is 23.1 Å². The fraction of sp³-hybridized carbons (Fsp3) is 0. The van der Waals surface area contributed by atoms with E-state index in [4.69, 9.17) is 12.2 Å². The van der Waals surface area contributed by atoms with Crippen LogP contribution in [0.3, 0.4) is 0 Å². The quantitative estimate of drug-likeness (QED) is 0.567. The molecule has 2 aromatic heterocycles. The van der Waals surface area contributed by atoms with Crippen LogP contribution < -0.4 is 5.56 Å². The molecule has 0 radical (unpaired) electrons. The number of fused-ring (bicyclic) bond motifs is 1. The summed E-state index contributed by atoms with van der Waals surface area (Å²) in [6, 6.07) is 3.48. The molecule has 0 unspecified atom stereocenters. The second-order valence-corrected chi connectivity index (χ2v) is 2.53. The van der Waals surface area contributed by atoms with E-state index in [2.05, 4.69) is 10.2 Å². The molecule has 0 saturated carbocycles. The second-order valence-electron chi connectivity index (χ2n) is 2.15. The molecule has 0 atom stereocenters. The predicted octanol–water partition coefficient (Wildman–Crippen LogP) is 0.685. The number of hydrogen-bond acceptors (Lipinski definition) is 2. The van der Waals surface area contributed by atoms with Crippen molar-refractivity contribution in [2.24, 2.45) is 0 Å². The summed E-state index contributed by atoms with van der Waals surface area (Å²) in [6.45, 7) is 0. The predicted molar refractivity (Wildman–Crippen MR) is 43.2 cm³/mol. The van der Waals surface area contributed by atoms with Crippen LogP contribution >= 0.6 is 12.2 Å². The number of nitrogens with one attached hydrogen (secondary N) is 2. The molecule has 2 aromatic rings. The van der Waals surface area contributed by atoms with Crippen molar-refractivity contribution >= 4 is 17.7 Å². The van der Waals surface area contributed by atoms with E-state index in [0.29, 0.717) is 10.3 Å². The minimum atomic E-state index is -0.163. The van der Waals surface area contributed by atoms with Crippen molar-refractivity contribution in [1.29, 1.82) is 0 Å². The van der Waals surface area contributed by atoms with Crippen LogP contribution in [0, 0.1) is 4.77 Å². The molecule has 2 rings (SSSR count). The molecule has 2 heterocycles. The van der Waals surface area contributed by atoms with E-state index in [1.807, 2.05) is 0 Å². The Morgan fingerprint density at radius 2 is 2.27 bits per heavy atom. The molecule has 0 saturated heterocycles. The van der Waals surface area contributed by atoms with Crippen molar-refractivity contribution in [3.63, 3.8) is 0 Å². The summed E-state index contributed by atoms with van der Waals surface area (Å²) in [7, 11) is 0. The zero-order valence-corrected chi connectivity index (χ0v) is 6.31. The smallest absolute Gasteiger partial charge is 0.286 e. The first-order valence-electron chi connectivity index (χ1n) is 3.07. The van der Waals surface area contributed by atoms with Crippen LogP contribution in [0.25, 0.3) is 5.52 Å². The second kappa shape index (κ2) is 2.06. The Labute approximate surface area is 66.5 Å². The van der Waals surface area contributed by atoms with E-state index in [0.717, 1.165) is 0 Å². The molecule has 5 heteroatoms. The van der Waals surface area contributed by atoms with Crippen molar-refractivity contribution in [2.75, 3.05) is 0 Å². The molecule has 0 aromatic carbocycles. The molecule has 0 aliphatic rings. The summed E-state index contributed by atoms with van der Waals surface area (Å²) in [5.41, 5.74) is 0.400. The summed E-state index contributed by atoms with van der Waals surface area (Å²) in [4.78, 5) is 11.0. The van der Waals surface area contributed by atoms with Crippen molar-refractivity contribution in [3.05, 3.63) is 33.5 Å². The van der Waals surface area contributed by atoms with Gasteiger partial charge in [0.15, 0.2) is 4.77 Å². The molecule has 0 amide bonds. The van der Waals surface area contributed by atoms with Crippen LogP contribution in [-0.4, -0.2) is 14.6 Å². The third-order valence-corrected chi connectivity index (χ3v) is 1.78. The van der Waals surface area contributed by atoms with Crippen LogP contribution in [0.2, 0.25) is 0 Å². The van der Waals surface area contributed by atoms with Crippen LogP contribution in [-0.2, 0) is 0 Å². The topological polar surface area (TPSA) is 53.1 Å². The van der Waals surface area contributed by atoms with E-state index in [9.17, 15) is 4.79 Å². The summed E-state index contributed by atoms with van der Waals surface area (Å²) >= 11 is 4.90. The Hall–Kier alpha value is -1.36. The average molecular weight is 167 g/mol. The Morgan fingerprint density at radius 1 is 1.45 bits per heavy atom. The van der Waals surface area contributed by atoms with Gasteiger partial charge in [-0.1, -0.05) is 0 Å². The van der Waals surface area contributed by atoms with Gasteiger partial charge in [-0.3, -0.25) is 19.4 Å². The first-order chi connectivity index (χ1) is 5.29. The molecule has 56 valence electrons. The third-order valence-electron chi connectivity index (χ3n) is 1.48. The number of rotatable bonds is 0. The summed E-state index contributed by atoms with van der Waals surface area (Å²) < 4.78 is 2.11. The summed E-state index contributed by atoms with van der Waals surface area (Å²) in [5.74, 6) is 0. The SMILES string of the molecule is O=c1[nH][nH]c(=S)n2cccc12. The first kappa shape index (κ1) is 6.36. The van der Waals surface area contributed by atoms with Gasteiger partial charge in [0.2, 0.25) is 0 Å². The van der Waals surface area contributed by atoms with E-state index in [1.165, 1.54) is 0 Å². The molecule has 2 N–H and O–H groups in total. The molecule has 0 aliphatic heterocycles. The van der Waals surface area contributed by atoms with Gasteiger partial charge in [0, 0.05) is 6.20 Å². The molecule has 4 nitrogen and oxygen atoms in total. The van der Waals surface area contributed by atoms with Crippen molar-refractivity contribution in [3.8, 4) is 0 Å².